The lowest BCUT2D eigenvalue weighted by Crippen LogP contribution is -2.08. The van der Waals surface area contributed by atoms with E-state index in [1.807, 2.05) is 0 Å². The number of nitrogens with one attached hydrogen (secondary N) is 1. The summed E-state index contributed by atoms with van der Waals surface area (Å²) in [6.45, 7) is 0.224. The van der Waals surface area contributed by atoms with Gasteiger partial charge in [-0.25, -0.2) is 28.1 Å². The van der Waals surface area contributed by atoms with Gasteiger partial charge < -0.3 is 10.1 Å². The number of ether oxygens (including phenoxy) is 1. The van der Waals surface area contributed by atoms with Gasteiger partial charge in [-0.1, -0.05) is 6.07 Å². The lowest BCUT2D eigenvalue weighted by Gasteiger charge is -2.11. The van der Waals surface area contributed by atoms with Crippen LogP contribution in [0.15, 0.2) is 55.0 Å². The highest BCUT2D eigenvalue weighted by atomic mass is 19.4. The number of aromatic nitrogens is 3. The van der Waals surface area contributed by atoms with Gasteiger partial charge in [0.25, 0.3) is 0 Å². The molecule has 0 bridgehead atoms. The number of nitrogens with zero attached hydrogens (tertiary/aromatic N) is 3. The van der Waals surface area contributed by atoms with Crippen LogP contribution in [0.2, 0.25) is 0 Å². The van der Waals surface area contributed by atoms with E-state index < -0.39 is 29.2 Å². The van der Waals surface area contributed by atoms with Gasteiger partial charge in [-0.05, 0) is 42.3 Å². The maximum absolute atomic E-state index is 14.4. The number of hydrogen-bond acceptors (Lipinski definition) is 5. The number of fused-ring (bicyclic) bond motifs is 1. The second kappa shape index (κ2) is 8.93. The molecular formula is C22H14F6N4O. The summed E-state index contributed by atoms with van der Waals surface area (Å²) in [5.74, 6) is -2.41. The van der Waals surface area contributed by atoms with Crippen LogP contribution in [0.5, 0.6) is 11.6 Å². The van der Waals surface area contributed by atoms with E-state index >= 15 is 0 Å². The Balaban J connectivity index is 1.41. The minimum Gasteiger partial charge on any atom is -0.436 e. The van der Waals surface area contributed by atoms with Crippen LogP contribution in [0.25, 0.3) is 10.9 Å². The normalized spacial score (nSPS) is 11.6. The van der Waals surface area contributed by atoms with Crippen LogP contribution < -0.4 is 10.1 Å². The molecule has 11 heteroatoms. The van der Waals surface area contributed by atoms with E-state index in [0.29, 0.717) is 18.2 Å². The molecule has 0 fully saturated rings. The Morgan fingerprint density at radius 3 is 2.33 bits per heavy atom. The Hall–Kier alpha value is -3.89. The summed E-state index contributed by atoms with van der Waals surface area (Å²) in [7, 11) is 0. The number of hydrogen-bond donors (Lipinski definition) is 1. The van der Waals surface area contributed by atoms with Gasteiger partial charge in [-0.3, -0.25) is 0 Å². The van der Waals surface area contributed by atoms with E-state index in [2.05, 4.69) is 20.3 Å². The lowest BCUT2D eigenvalue weighted by molar-refractivity contribution is -0.137. The fourth-order valence-corrected chi connectivity index (χ4v) is 3.06. The molecule has 0 amide bonds. The van der Waals surface area contributed by atoms with Gasteiger partial charge in [0.15, 0.2) is 11.6 Å². The molecule has 0 spiro atoms. The van der Waals surface area contributed by atoms with Crippen LogP contribution in [-0.4, -0.2) is 21.5 Å². The second-order valence-electron chi connectivity index (χ2n) is 6.90. The highest BCUT2D eigenvalue weighted by molar-refractivity contribution is 5.89. The van der Waals surface area contributed by atoms with Gasteiger partial charge in [0.05, 0.1) is 10.9 Å². The van der Waals surface area contributed by atoms with Crippen LogP contribution in [-0.2, 0) is 12.6 Å². The van der Waals surface area contributed by atoms with Gasteiger partial charge in [-0.15, -0.1) is 0 Å². The smallest absolute Gasteiger partial charge is 0.417 e. The van der Waals surface area contributed by atoms with Gasteiger partial charge in [-0.2, -0.15) is 13.2 Å². The first kappa shape index (κ1) is 22.3. The van der Waals surface area contributed by atoms with Crippen LogP contribution in [0.4, 0.5) is 32.2 Å². The van der Waals surface area contributed by atoms with Crippen LogP contribution >= 0.6 is 0 Å². The highest BCUT2D eigenvalue weighted by Gasteiger charge is 2.30. The number of rotatable bonds is 6. The van der Waals surface area contributed by atoms with E-state index in [4.69, 9.17) is 4.74 Å². The number of halogens is 6. The first-order chi connectivity index (χ1) is 15.7. The molecule has 4 rings (SSSR count). The Labute approximate surface area is 183 Å². The summed E-state index contributed by atoms with van der Waals surface area (Å²) >= 11 is 0. The molecule has 170 valence electrons. The van der Waals surface area contributed by atoms with Crippen molar-refractivity contribution in [2.45, 2.75) is 12.6 Å². The van der Waals surface area contributed by atoms with Crippen molar-refractivity contribution < 1.29 is 31.1 Å². The number of pyridine rings is 1. The third-order valence-corrected chi connectivity index (χ3v) is 4.67. The van der Waals surface area contributed by atoms with Crippen molar-refractivity contribution in [1.82, 2.24) is 15.0 Å². The highest BCUT2D eigenvalue weighted by Crippen LogP contribution is 2.31. The molecule has 2 aromatic heterocycles. The van der Waals surface area contributed by atoms with Crippen molar-refractivity contribution in [3.05, 3.63) is 83.6 Å². The summed E-state index contributed by atoms with van der Waals surface area (Å²) in [5, 5.41) is 2.80. The second-order valence-corrected chi connectivity index (χ2v) is 6.90. The summed E-state index contributed by atoms with van der Waals surface area (Å²) < 4.78 is 85.4. The molecule has 0 aliphatic rings. The van der Waals surface area contributed by atoms with Gasteiger partial charge in [0.1, 0.15) is 29.3 Å². The standard InChI is InChI=1S/C22H14F6N4O/c23-14-3-4-15(24)20-19(14)21(32-11-31-20)29-8-7-12-1-5-17(16(25)9-12)33-18-6-2-13(10-30-18)22(26,27)28/h1-6,9-11H,7-8H2,(H,29,31,32). The average molecular weight is 464 g/mol. The molecule has 4 aromatic rings. The van der Waals surface area contributed by atoms with Crippen molar-refractivity contribution in [3.63, 3.8) is 0 Å². The number of anilines is 1. The molecule has 2 aromatic carbocycles. The van der Waals surface area contributed by atoms with Gasteiger partial charge in [0.2, 0.25) is 5.88 Å². The fraction of sp³-hybridized carbons (Fsp3) is 0.136. The van der Waals surface area contributed by atoms with E-state index in [-0.39, 0.29) is 34.9 Å². The van der Waals surface area contributed by atoms with Crippen LogP contribution in [0.3, 0.4) is 0 Å². The third-order valence-electron chi connectivity index (χ3n) is 4.67. The minimum atomic E-state index is -4.54. The molecule has 33 heavy (non-hydrogen) atoms. The summed E-state index contributed by atoms with van der Waals surface area (Å²) in [5.41, 5.74) is -0.549. The Morgan fingerprint density at radius 1 is 0.848 bits per heavy atom. The maximum atomic E-state index is 14.4. The van der Waals surface area contributed by atoms with Crippen molar-refractivity contribution >= 4 is 16.7 Å². The summed E-state index contributed by atoms with van der Waals surface area (Å²) in [6, 6.07) is 7.80. The maximum Gasteiger partial charge on any atom is 0.417 e. The molecule has 0 atom stereocenters. The van der Waals surface area contributed by atoms with E-state index in [1.54, 1.807) is 6.07 Å². The Kier molecular flexibility index (Phi) is 6.03. The molecule has 1 N–H and O–H groups in total. The van der Waals surface area contributed by atoms with Crippen molar-refractivity contribution in [1.29, 1.82) is 0 Å². The predicted octanol–water partition coefficient (Wildman–Crippen LogP) is 5.91. The SMILES string of the molecule is Fc1cc(CCNc2ncnc3c(F)ccc(F)c23)ccc1Oc1ccc(C(F)(F)F)cn1. The van der Waals surface area contributed by atoms with E-state index in [1.165, 1.54) is 12.1 Å². The topological polar surface area (TPSA) is 59.9 Å². The van der Waals surface area contributed by atoms with Gasteiger partial charge in [0, 0.05) is 18.8 Å². The largest absolute Gasteiger partial charge is 0.436 e. The summed E-state index contributed by atoms with van der Waals surface area (Å²) in [4.78, 5) is 11.2. The van der Waals surface area contributed by atoms with Gasteiger partial charge >= 0.3 is 6.18 Å². The fourth-order valence-electron chi connectivity index (χ4n) is 3.06. The van der Waals surface area contributed by atoms with Crippen LogP contribution in [0.1, 0.15) is 11.1 Å². The van der Waals surface area contributed by atoms with E-state index in [0.717, 1.165) is 30.6 Å². The molecule has 0 radical (unpaired) electrons. The van der Waals surface area contributed by atoms with Crippen LogP contribution in [0, 0.1) is 17.5 Å². The first-order valence-corrected chi connectivity index (χ1v) is 9.54. The van der Waals surface area contributed by atoms with E-state index in [9.17, 15) is 26.3 Å². The quantitative estimate of drug-likeness (QED) is 0.360. The average Bonchev–Trinajstić information content (AvgIpc) is 2.78. The van der Waals surface area contributed by atoms with Crippen molar-refractivity contribution in [2.75, 3.05) is 11.9 Å². The minimum absolute atomic E-state index is 0.0866. The third kappa shape index (κ3) is 4.97. The van der Waals surface area contributed by atoms with Crippen molar-refractivity contribution in [2.24, 2.45) is 0 Å². The monoisotopic (exact) mass is 464 g/mol. The molecule has 0 unspecified atom stereocenters. The molecule has 0 saturated heterocycles. The molecule has 5 nitrogen and oxygen atoms in total. The molecule has 2 heterocycles. The Bertz CT molecular complexity index is 1290. The summed E-state index contributed by atoms with van der Waals surface area (Å²) in [6.07, 6.45) is -2.53. The zero-order valence-corrected chi connectivity index (χ0v) is 16.6. The number of benzene rings is 2. The lowest BCUT2D eigenvalue weighted by atomic mass is 10.1. The number of alkyl halides is 3. The molecular weight excluding hydrogens is 450 g/mol. The zero-order valence-electron chi connectivity index (χ0n) is 16.6. The molecule has 0 saturated carbocycles. The first-order valence-electron chi connectivity index (χ1n) is 9.54. The predicted molar refractivity (Wildman–Crippen MR) is 107 cm³/mol. The molecule has 0 aliphatic heterocycles. The zero-order chi connectivity index (χ0) is 23.6. The Morgan fingerprint density at radius 2 is 1.64 bits per heavy atom. The van der Waals surface area contributed by atoms with Crippen molar-refractivity contribution in [3.8, 4) is 11.6 Å². The molecule has 0 aliphatic carbocycles.